The lowest BCUT2D eigenvalue weighted by atomic mass is 9.77. The molecule has 0 fully saturated rings. The van der Waals surface area contributed by atoms with Crippen LogP contribution in [0.25, 0.3) is 0 Å². The van der Waals surface area contributed by atoms with Crippen LogP contribution in [-0.2, 0) is 4.79 Å². The third-order valence-electron chi connectivity index (χ3n) is 3.49. The number of benzene rings is 1. The standard InChI is InChI=1S/C18H18O2/c1-2-3-9-16-14-17(19)11-13-18(16,20)12-10-15-7-5-4-6-8-15/h2,4-8,11,13,16,20H,1,3,9,14H2. The molecule has 102 valence electrons. The molecule has 1 aliphatic rings. The summed E-state index contributed by atoms with van der Waals surface area (Å²) in [5.74, 6) is 5.79. The van der Waals surface area contributed by atoms with Crippen LogP contribution in [0.5, 0.6) is 0 Å². The van der Waals surface area contributed by atoms with Gasteiger partial charge in [-0.05, 0) is 37.1 Å². The molecule has 0 aliphatic heterocycles. The second-order valence-corrected chi connectivity index (χ2v) is 5.01. The summed E-state index contributed by atoms with van der Waals surface area (Å²) in [5, 5.41) is 10.7. The predicted molar refractivity (Wildman–Crippen MR) is 80.0 cm³/mol. The molecule has 0 spiro atoms. The van der Waals surface area contributed by atoms with Gasteiger partial charge in [-0.25, -0.2) is 0 Å². The summed E-state index contributed by atoms with van der Waals surface area (Å²) in [5.41, 5.74) is -0.374. The molecule has 1 aliphatic carbocycles. The van der Waals surface area contributed by atoms with Crippen LogP contribution < -0.4 is 0 Å². The number of hydrogen-bond acceptors (Lipinski definition) is 2. The minimum atomic E-state index is -1.23. The molecule has 2 atom stereocenters. The lowest BCUT2D eigenvalue weighted by Gasteiger charge is -2.31. The van der Waals surface area contributed by atoms with Gasteiger partial charge in [-0.1, -0.05) is 36.1 Å². The molecule has 2 nitrogen and oxygen atoms in total. The number of rotatable bonds is 3. The Bertz CT molecular complexity index is 574. The summed E-state index contributed by atoms with van der Waals surface area (Å²) >= 11 is 0. The largest absolute Gasteiger partial charge is 0.374 e. The maximum absolute atomic E-state index is 11.5. The lowest BCUT2D eigenvalue weighted by Crippen LogP contribution is -2.38. The van der Waals surface area contributed by atoms with Crippen molar-refractivity contribution in [2.24, 2.45) is 5.92 Å². The average Bonchev–Trinajstić information content (AvgIpc) is 2.48. The fourth-order valence-electron chi connectivity index (χ4n) is 2.30. The van der Waals surface area contributed by atoms with E-state index in [2.05, 4.69) is 18.4 Å². The van der Waals surface area contributed by atoms with Gasteiger partial charge >= 0.3 is 0 Å². The van der Waals surface area contributed by atoms with E-state index in [1.807, 2.05) is 30.3 Å². The van der Waals surface area contributed by atoms with Crippen LogP contribution >= 0.6 is 0 Å². The zero-order valence-electron chi connectivity index (χ0n) is 11.4. The van der Waals surface area contributed by atoms with E-state index >= 15 is 0 Å². The highest BCUT2D eigenvalue weighted by Gasteiger charge is 2.36. The van der Waals surface area contributed by atoms with Gasteiger partial charge in [0.25, 0.3) is 0 Å². The summed E-state index contributed by atoms with van der Waals surface area (Å²) in [4.78, 5) is 11.5. The molecule has 0 bridgehead atoms. The Morgan fingerprint density at radius 2 is 2.15 bits per heavy atom. The van der Waals surface area contributed by atoms with E-state index in [4.69, 9.17) is 0 Å². The zero-order valence-corrected chi connectivity index (χ0v) is 11.4. The topological polar surface area (TPSA) is 37.3 Å². The van der Waals surface area contributed by atoms with Crippen molar-refractivity contribution in [3.63, 3.8) is 0 Å². The first-order valence-electron chi connectivity index (χ1n) is 6.77. The highest BCUT2D eigenvalue weighted by Crippen LogP contribution is 2.31. The molecule has 20 heavy (non-hydrogen) atoms. The molecule has 0 saturated carbocycles. The first-order valence-corrected chi connectivity index (χ1v) is 6.77. The van der Waals surface area contributed by atoms with Gasteiger partial charge in [-0.2, -0.15) is 0 Å². The van der Waals surface area contributed by atoms with Crippen molar-refractivity contribution < 1.29 is 9.90 Å². The maximum Gasteiger partial charge on any atom is 0.155 e. The highest BCUT2D eigenvalue weighted by atomic mass is 16.3. The van der Waals surface area contributed by atoms with Gasteiger partial charge in [0.15, 0.2) is 5.78 Å². The third-order valence-corrected chi connectivity index (χ3v) is 3.49. The van der Waals surface area contributed by atoms with Gasteiger partial charge in [-0.15, -0.1) is 6.58 Å². The molecular formula is C18H18O2. The quantitative estimate of drug-likeness (QED) is 0.674. The Morgan fingerprint density at radius 3 is 2.85 bits per heavy atom. The van der Waals surface area contributed by atoms with E-state index in [0.717, 1.165) is 12.0 Å². The van der Waals surface area contributed by atoms with Gasteiger partial charge < -0.3 is 5.11 Å². The van der Waals surface area contributed by atoms with Crippen molar-refractivity contribution in [2.45, 2.75) is 24.9 Å². The van der Waals surface area contributed by atoms with E-state index in [1.54, 1.807) is 6.08 Å². The number of allylic oxidation sites excluding steroid dienone is 2. The molecule has 1 N–H and O–H groups in total. The second kappa shape index (κ2) is 6.36. The Morgan fingerprint density at radius 1 is 1.40 bits per heavy atom. The molecule has 0 heterocycles. The van der Waals surface area contributed by atoms with Crippen molar-refractivity contribution >= 4 is 5.78 Å². The van der Waals surface area contributed by atoms with E-state index < -0.39 is 5.60 Å². The van der Waals surface area contributed by atoms with Crippen LogP contribution in [0.15, 0.2) is 55.1 Å². The fourth-order valence-corrected chi connectivity index (χ4v) is 2.30. The van der Waals surface area contributed by atoms with E-state index in [1.165, 1.54) is 12.2 Å². The molecule has 1 aromatic carbocycles. The molecule has 0 radical (unpaired) electrons. The third kappa shape index (κ3) is 3.46. The van der Waals surface area contributed by atoms with E-state index in [9.17, 15) is 9.90 Å². The first-order chi connectivity index (χ1) is 9.64. The molecule has 2 rings (SSSR count). The van der Waals surface area contributed by atoms with Gasteiger partial charge in [0, 0.05) is 17.9 Å². The van der Waals surface area contributed by atoms with Gasteiger partial charge in [0.1, 0.15) is 5.60 Å². The van der Waals surface area contributed by atoms with Gasteiger partial charge in [0.05, 0.1) is 0 Å². The molecule has 0 saturated heterocycles. The van der Waals surface area contributed by atoms with Crippen molar-refractivity contribution in [1.82, 2.24) is 0 Å². The number of carbonyl (C=O) groups is 1. The van der Waals surface area contributed by atoms with Crippen LogP contribution in [0, 0.1) is 17.8 Å². The molecule has 1 aromatic rings. The van der Waals surface area contributed by atoms with Crippen LogP contribution in [0.3, 0.4) is 0 Å². The van der Waals surface area contributed by atoms with E-state index in [-0.39, 0.29) is 11.7 Å². The zero-order chi connectivity index (χ0) is 14.4. The molecular weight excluding hydrogens is 248 g/mol. The maximum atomic E-state index is 11.5. The number of ketones is 1. The Balaban J connectivity index is 2.25. The minimum absolute atomic E-state index is 0.0465. The number of hydrogen-bond donors (Lipinski definition) is 1. The summed E-state index contributed by atoms with van der Waals surface area (Å²) in [6.45, 7) is 3.68. The average molecular weight is 266 g/mol. The summed E-state index contributed by atoms with van der Waals surface area (Å²) in [7, 11) is 0. The van der Waals surface area contributed by atoms with Crippen molar-refractivity contribution in [1.29, 1.82) is 0 Å². The molecule has 2 heteroatoms. The Labute approximate surface area is 119 Å². The summed E-state index contributed by atoms with van der Waals surface area (Å²) in [6.07, 6.45) is 6.57. The van der Waals surface area contributed by atoms with Gasteiger partial charge in [0.2, 0.25) is 0 Å². The Hall–Kier alpha value is -2.11. The second-order valence-electron chi connectivity index (χ2n) is 5.01. The van der Waals surface area contributed by atoms with Crippen LogP contribution in [0.2, 0.25) is 0 Å². The predicted octanol–water partition coefficient (Wildman–Crippen LogP) is 2.88. The van der Waals surface area contributed by atoms with Crippen LogP contribution in [0.1, 0.15) is 24.8 Å². The van der Waals surface area contributed by atoms with Crippen LogP contribution in [-0.4, -0.2) is 16.5 Å². The SMILES string of the molecule is C=CCCC1CC(=O)C=CC1(O)C#Cc1ccccc1. The summed E-state index contributed by atoms with van der Waals surface area (Å²) < 4.78 is 0. The Kier molecular flexibility index (Phi) is 4.55. The lowest BCUT2D eigenvalue weighted by molar-refractivity contribution is -0.117. The monoisotopic (exact) mass is 266 g/mol. The molecule has 2 unspecified atom stereocenters. The van der Waals surface area contributed by atoms with Gasteiger partial charge in [-0.3, -0.25) is 4.79 Å². The van der Waals surface area contributed by atoms with Crippen molar-refractivity contribution in [2.75, 3.05) is 0 Å². The molecule has 0 amide bonds. The van der Waals surface area contributed by atoms with Crippen molar-refractivity contribution in [3.05, 3.63) is 60.7 Å². The van der Waals surface area contributed by atoms with E-state index in [0.29, 0.717) is 12.8 Å². The smallest absolute Gasteiger partial charge is 0.155 e. The van der Waals surface area contributed by atoms with Crippen molar-refractivity contribution in [3.8, 4) is 11.8 Å². The van der Waals surface area contributed by atoms with Crippen LogP contribution in [0.4, 0.5) is 0 Å². The fraction of sp³-hybridized carbons (Fsp3) is 0.278. The number of carbonyl (C=O) groups excluding carboxylic acids is 1. The first kappa shape index (κ1) is 14.3. The normalized spacial score (nSPS) is 24.9. The number of aliphatic hydroxyl groups is 1. The molecule has 0 aromatic heterocycles. The minimum Gasteiger partial charge on any atom is -0.374 e. The summed E-state index contributed by atoms with van der Waals surface area (Å²) in [6, 6.07) is 9.53. The highest BCUT2D eigenvalue weighted by molar-refractivity contribution is 5.91.